The maximum Gasteiger partial charge on any atom is 0.354 e. The van der Waals surface area contributed by atoms with Crippen molar-refractivity contribution in [3.63, 3.8) is 0 Å². The van der Waals surface area contributed by atoms with Gasteiger partial charge in [-0.3, -0.25) is 14.9 Å². The van der Waals surface area contributed by atoms with Crippen LogP contribution in [0.3, 0.4) is 0 Å². The lowest BCUT2D eigenvalue weighted by atomic mass is 9.92. The normalized spacial score (nSPS) is 22.7. The number of rotatable bonds is 12. The molecular formula is C36H48N8OS. The van der Waals surface area contributed by atoms with Crippen LogP contribution in [0.25, 0.3) is 16.7 Å². The Bertz CT molecular complexity index is 1650. The predicted octanol–water partition coefficient (Wildman–Crippen LogP) is 5.65. The molecule has 0 unspecified atom stereocenters. The molecule has 9 nitrogen and oxygen atoms in total. The lowest BCUT2D eigenvalue weighted by molar-refractivity contribution is 0.243. The van der Waals surface area contributed by atoms with Gasteiger partial charge in [0.15, 0.2) is 5.17 Å². The summed E-state index contributed by atoms with van der Waals surface area (Å²) in [6.07, 6.45) is 10.5. The van der Waals surface area contributed by atoms with Gasteiger partial charge in [-0.05, 0) is 93.7 Å². The van der Waals surface area contributed by atoms with E-state index in [1.165, 1.54) is 29.3 Å². The minimum Gasteiger partial charge on any atom is -0.379 e. The van der Waals surface area contributed by atoms with Gasteiger partial charge in [0.2, 0.25) is 0 Å². The molecule has 0 spiro atoms. The molecule has 0 bridgehead atoms. The number of hydrogen-bond acceptors (Lipinski definition) is 7. The van der Waals surface area contributed by atoms with E-state index in [1.807, 2.05) is 18.3 Å². The summed E-state index contributed by atoms with van der Waals surface area (Å²) >= 11 is 1.41. The second-order valence-corrected chi connectivity index (χ2v) is 14.4. The number of likely N-dealkylation sites (tertiary alicyclic amines) is 1. The Hall–Kier alpha value is -3.44. The molecule has 244 valence electrons. The molecule has 2 fully saturated rings. The molecule has 4 heterocycles. The Kier molecular flexibility index (Phi) is 10.6. The summed E-state index contributed by atoms with van der Waals surface area (Å²) in [6, 6.07) is 22.4. The maximum absolute atomic E-state index is 13.2. The van der Waals surface area contributed by atoms with E-state index in [0.29, 0.717) is 17.6 Å². The highest BCUT2D eigenvalue weighted by Gasteiger charge is 2.34. The molecule has 5 atom stereocenters. The number of H-pyrrole nitrogens is 1. The number of aromatic nitrogens is 3. The molecule has 46 heavy (non-hydrogen) atoms. The summed E-state index contributed by atoms with van der Waals surface area (Å²) < 4.78 is 1.66. The average Bonchev–Trinajstić information content (AvgIpc) is 3.64. The number of nitrogens with one attached hydrogen (secondary N) is 3. The molecule has 4 aromatic rings. The standard InChI is InChI=1S/C36H48N8OS/c1-24(37)7-6-17-43-22-26(19-25-8-3-2-4-9-25)20-33(43)32-21-28-23-44(36(45)42-34(28)41-32)30-14-12-27(13-15-30)31-11-5-10-29(40-31)16-18-46-35(38)39/h2-4,8-9,12-15,21,23-24,26,29,31,33,40H,5-7,10-11,16-20,22,37H2,1H3,(H3,38,39)(H,41,42,45)/t24-,26-,29+,31+,33+/m1/s1. The molecule has 0 aliphatic carbocycles. The zero-order valence-electron chi connectivity index (χ0n) is 26.8. The van der Waals surface area contributed by atoms with E-state index >= 15 is 0 Å². The second kappa shape index (κ2) is 15.0. The SMILES string of the molecule is C[C@@H](N)CCCN1C[C@H](Cc2ccccc2)C[C@H]1c1cc2cn(-c3ccc([C@@H]4CCC[C@@H](CCSC(=N)N)N4)cc3)c(=O)nc2[nH]1. The highest BCUT2D eigenvalue weighted by molar-refractivity contribution is 8.13. The Morgan fingerprint density at radius 1 is 1.15 bits per heavy atom. The highest BCUT2D eigenvalue weighted by atomic mass is 32.2. The Balaban J connectivity index is 1.17. The molecule has 2 saturated heterocycles. The topological polar surface area (TPSA) is 142 Å². The van der Waals surface area contributed by atoms with Crippen LogP contribution in [0.2, 0.25) is 0 Å². The smallest absolute Gasteiger partial charge is 0.354 e. The number of aromatic amines is 1. The fourth-order valence-corrected chi connectivity index (χ4v) is 7.97. The minimum absolute atomic E-state index is 0.183. The van der Waals surface area contributed by atoms with Gasteiger partial charge >= 0.3 is 5.69 Å². The van der Waals surface area contributed by atoms with Crippen LogP contribution < -0.4 is 22.5 Å². The average molecular weight is 641 g/mol. The summed E-state index contributed by atoms with van der Waals surface area (Å²) in [5.74, 6) is 1.42. The molecule has 0 radical (unpaired) electrons. The molecular weight excluding hydrogens is 593 g/mol. The van der Waals surface area contributed by atoms with Gasteiger partial charge in [-0.1, -0.05) is 60.6 Å². The molecule has 0 amide bonds. The summed E-state index contributed by atoms with van der Waals surface area (Å²) in [6.45, 7) is 4.14. The first kappa shape index (κ1) is 32.5. The number of nitrogens with zero attached hydrogens (tertiary/aromatic N) is 3. The molecule has 7 N–H and O–H groups in total. The van der Waals surface area contributed by atoms with Gasteiger partial charge in [-0.25, -0.2) is 4.79 Å². The number of fused-ring (bicyclic) bond motifs is 1. The van der Waals surface area contributed by atoms with Crippen molar-refractivity contribution in [2.24, 2.45) is 17.4 Å². The van der Waals surface area contributed by atoms with Gasteiger partial charge in [-0.2, -0.15) is 4.98 Å². The van der Waals surface area contributed by atoms with Crippen LogP contribution in [-0.4, -0.2) is 55.5 Å². The molecule has 2 aromatic carbocycles. The number of hydrogen-bond donors (Lipinski definition) is 5. The van der Waals surface area contributed by atoms with Crippen molar-refractivity contribution in [3.05, 3.63) is 94.2 Å². The summed E-state index contributed by atoms with van der Waals surface area (Å²) in [5, 5.41) is 12.4. The Labute approximate surface area is 276 Å². The van der Waals surface area contributed by atoms with Crippen LogP contribution in [0.4, 0.5) is 0 Å². The van der Waals surface area contributed by atoms with Gasteiger partial charge < -0.3 is 21.8 Å². The van der Waals surface area contributed by atoms with Crippen molar-refractivity contribution in [1.82, 2.24) is 24.8 Å². The van der Waals surface area contributed by atoms with E-state index in [1.54, 1.807) is 4.57 Å². The molecule has 6 rings (SSSR count). The van der Waals surface area contributed by atoms with Crippen LogP contribution >= 0.6 is 11.8 Å². The van der Waals surface area contributed by atoms with Crippen molar-refractivity contribution in [2.75, 3.05) is 18.8 Å². The highest BCUT2D eigenvalue weighted by Crippen LogP contribution is 2.38. The third-order valence-corrected chi connectivity index (χ3v) is 10.4. The van der Waals surface area contributed by atoms with Crippen molar-refractivity contribution in [3.8, 4) is 5.69 Å². The van der Waals surface area contributed by atoms with E-state index in [2.05, 4.69) is 75.6 Å². The van der Waals surface area contributed by atoms with E-state index in [0.717, 1.165) is 80.6 Å². The first-order chi connectivity index (χ1) is 22.3. The van der Waals surface area contributed by atoms with E-state index in [4.69, 9.17) is 16.9 Å². The van der Waals surface area contributed by atoms with Gasteiger partial charge in [0.25, 0.3) is 0 Å². The summed E-state index contributed by atoms with van der Waals surface area (Å²) in [4.78, 5) is 23.8. The maximum atomic E-state index is 13.2. The third-order valence-electron chi connectivity index (χ3n) is 9.63. The fourth-order valence-electron chi connectivity index (χ4n) is 7.35. The number of amidine groups is 1. The zero-order chi connectivity index (χ0) is 32.0. The van der Waals surface area contributed by atoms with E-state index < -0.39 is 0 Å². The van der Waals surface area contributed by atoms with Crippen molar-refractivity contribution in [2.45, 2.75) is 82.5 Å². The second-order valence-electron chi connectivity index (χ2n) is 13.3. The minimum atomic E-state index is -0.283. The predicted molar refractivity (Wildman–Crippen MR) is 190 cm³/mol. The van der Waals surface area contributed by atoms with E-state index in [-0.39, 0.29) is 29.0 Å². The molecule has 0 saturated carbocycles. The monoisotopic (exact) mass is 640 g/mol. The quantitative estimate of drug-likeness (QED) is 0.0996. The van der Waals surface area contributed by atoms with Crippen LogP contribution in [0.1, 0.15) is 80.8 Å². The van der Waals surface area contributed by atoms with Crippen molar-refractivity contribution < 1.29 is 0 Å². The summed E-state index contributed by atoms with van der Waals surface area (Å²) in [7, 11) is 0. The van der Waals surface area contributed by atoms with Gasteiger partial charge in [-0.15, -0.1) is 0 Å². The number of thioether (sulfide) groups is 1. The Morgan fingerprint density at radius 3 is 2.72 bits per heavy atom. The lowest BCUT2D eigenvalue weighted by Crippen LogP contribution is -2.37. The lowest BCUT2D eigenvalue weighted by Gasteiger charge is -2.31. The molecule has 10 heteroatoms. The number of piperidine rings is 1. The van der Waals surface area contributed by atoms with E-state index in [9.17, 15) is 4.79 Å². The van der Waals surface area contributed by atoms with Crippen LogP contribution in [-0.2, 0) is 6.42 Å². The molecule has 2 aromatic heterocycles. The van der Waals surface area contributed by atoms with Crippen LogP contribution in [0.5, 0.6) is 0 Å². The van der Waals surface area contributed by atoms with Crippen LogP contribution in [0.15, 0.2) is 71.7 Å². The van der Waals surface area contributed by atoms with Crippen molar-refractivity contribution in [1.29, 1.82) is 5.41 Å². The van der Waals surface area contributed by atoms with Gasteiger partial charge in [0.05, 0.1) is 11.7 Å². The summed E-state index contributed by atoms with van der Waals surface area (Å²) in [5.41, 5.74) is 16.5. The van der Waals surface area contributed by atoms with Crippen LogP contribution in [0, 0.1) is 11.3 Å². The molecule has 2 aliphatic heterocycles. The Morgan fingerprint density at radius 2 is 1.96 bits per heavy atom. The first-order valence-electron chi connectivity index (χ1n) is 16.8. The van der Waals surface area contributed by atoms with Crippen molar-refractivity contribution >= 4 is 28.0 Å². The molecule has 2 aliphatic rings. The fraction of sp³-hybridized carbons (Fsp3) is 0.472. The number of nitrogens with two attached hydrogens (primary N) is 2. The van der Waals surface area contributed by atoms with Gasteiger partial charge in [0, 0.05) is 47.7 Å². The largest absolute Gasteiger partial charge is 0.379 e. The van der Waals surface area contributed by atoms with Gasteiger partial charge in [0.1, 0.15) is 5.65 Å². The number of benzene rings is 2. The zero-order valence-corrected chi connectivity index (χ0v) is 27.6. The first-order valence-corrected chi connectivity index (χ1v) is 17.8. The third kappa shape index (κ3) is 8.09.